The standard InChI is InChI=1S/C20H25ClN4O/c1-14-8-9-18(22-19(14)25-12-10-24(3)11-13-25)23-20(26)15(2)16-6-4-5-7-17(16)21/h4-9,15H,10-13H2,1-3H3,(H,22,23,26)/t15-/m1/s1. The van der Waals surface area contributed by atoms with Crippen molar-refractivity contribution < 1.29 is 4.79 Å². The molecule has 0 spiro atoms. The third-order valence-electron chi connectivity index (χ3n) is 4.89. The van der Waals surface area contributed by atoms with Crippen LogP contribution in [0.1, 0.15) is 24.0 Å². The fourth-order valence-electron chi connectivity index (χ4n) is 3.13. The first kappa shape index (κ1) is 18.7. The van der Waals surface area contributed by atoms with Crippen molar-refractivity contribution in [3.8, 4) is 0 Å². The third-order valence-corrected chi connectivity index (χ3v) is 5.23. The van der Waals surface area contributed by atoms with Crippen molar-refractivity contribution in [2.24, 2.45) is 0 Å². The van der Waals surface area contributed by atoms with Gasteiger partial charge in [-0.2, -0.15) is 0 Å². The molecule has 1 amide bonds. The molecule has 2 heterocycles. The molecule has 138 valence electrons. The fourth-order valence-corrected chi connectivity index (χ4v) is 3.43. The Morgan fingerprint density at radius 2 is 1.85 bits per heavy atom. The molecule has 5 nitrogen and oxygen atoms in total. The zero-order valence-electron chi connectivity index (χ0n) is 15.5. The van der Waals surface area contributed by atoms with Gasteiger partial charge in [0.1, 0.15) is 11.6 Å². The van der Waals surface area contributed by atoms with Crippen LogP contribution in [0.5, 0.6) is 0 Å². The van der Waals surface area contributed by atoms with Gasteiger partial charge in [-0.15, -0.1) is 0 Å². The number of likely N-dealkylation sites (N-methyl/N-ethyl adjacent to an activating group) is 1. The quantitative estimate of drug-likeness (QED) is 0.891. The Morgan fingerprint density at radius 1 is 1.15 bits per heavy atom. The van der Waals surface area contributed by atoms with E-state index in [-0.39, 0.29) is 11.8 Å². The molecule has 26 heavy (non-hydrogen) atoms. The number of nitrogens with zero attached hydrogens (tertiary/aromatic N) is 3. The molecule has 0 unspecified atom stereocenters. The molecular formula is C20H25ClN4O. The average Bonchev–Trinajstić information content (AvgIpc) is 2.64. The zero-order valence-corrected chi connectivity index (χ0v) is 16.3. The number of benzene rings is 1. The predicted octanol–water partition coefficient (Wildman–Crippen LogP) is 3.54. The number of halogens is 1. The summed E-state index contributed by atoms with van der Waals surface area (Å²) < 4.78 is 0. The van der Waals surface area contributed by atoms with Crippen LogP contribution in [0.25, 0.3) is 0 Å². The Kier molecular flexibility index (Phi) is 5.79. The van der Waals surface area contributed by atoms with Gasteiger partial charge in [0.2, 0.25) is 5.91 Å². The molecule has 1 aromatic heterocycles. The number of carbonyl (C=O) groups excluding carboxylic acids is 1. The number of hydrogen-bond donors (Lipinski definition) is 1. The molecule has 3 rings (SSSR count). The van der Waals surface area contributed by atoms with Crippen molar-refractivity contribution in [2.75, 3.05) is 43.4 Å². The predicted molar refractivity (Wildman–Crippen MR) is 107 cm³/mol. The summed E-state index contributed by atoms with van der Waals surface area (Å²) in [5.74, 6) is 1.06. The molecular weight excluding hydrogens is 348 g/mol. The maximum Gasteiger partial charge on any atom is 0.232 e. The summed E-state index contributed by atoms with van der Waals surface area (Å²) in [5.41, 5.74) is 1.93. The Labute approximate surface area is 160 Å². The Morgan fingerprint density at radius 3 is 2.54 bits per heavy atom. The van der Waals surface area contributed by atoms with Gasteiger partial charge in [0.15, 0.2) is 0 Å². The van der Waals surface area contributed by atoms with Gasteiger partial charge < -0.3 is 15.1 Å². The number of aromatic nitrogens is 1. The number of nitrogens with one attached hydrogen (secondary N) is 1. The van der Waals surface area contributed by atoms with E-state index in [1.165, 1.54) is 0 Å². The van der Waals surface area contributed by atoms with E-state index in [0.29, 0.717) is 10.8 Å². The number of amides is 1. The van der Waals surface area contributed by atoms with E-state index < -0.39 is 0 Å². The van der Waals surface area contributed by atoms with Crippen LogP contribution in [0, 0.1) is 6.92 Å². The molecule has 1 atom stereocenters. The lowest BCUT2D eigenvalue weighted by atomic mass is 10.0. The summed E-state index contributed by atoms with van der Waals surface area (Å²) in [5, 5.41) is 3.54. The molecule has 6 heteroatoms. The van der Waals surface area contributed by atoms with E-state index in [0.717, 1.165) is 43.1 Å². The first-order chi connectivity index (χ1) is 12.5. The molecule has 1 aliphatic rings. The smallest absolute Gasteiger partial charge is 0.232 e. The normalized spacial score (nSPS) is 16.4. The molecule has 1 aromatic carbocycles. The van der Waals surface area contributed by atoms with Crippen molar-refractivity contribution in [2.45, 2.75) is 19.8 Å². The van der Waals surface area contributed by atoms with E-state index >= 15 is 0 Å². The van der Waals surface area contributed by atoms with Gasteiger partial charge in [0.25, 0.3) is 0 Å². The van der Waals surface area contributed by atoms with Crippen LogP contribution < -0.4 is 10.2 Å². The highest BCUT2D eigenvalue weighted by Crippen LogP contribution is 2.26. The van der Waals surface area contributed by atoms with Crippen LogP contribution in [0.4, 0.5) is 11.6 Å². The van der Waals surface area contributed by atoms with Crippen LogP contribution >= 0.6 is 11.6 Å². The van der Waals surface area contributed by atoms with E-state index in [9.17, 15) is 4.79 Å². The second-order valence-corrected chi connectivity index (χ2v) is 7.27. The van der Waals surface area contributed by atoms with Crippen molar-refractivity contribution in [1.82, 2.24) is 9.88 Å². The summed E-state index contributed by atoms with van der Waals surface area (Å²) in [6.45, 7) is 7.82. The van der Waals surface area contributed by atoms with Gasteiger partial charge in [-0.05, 0) is 44.2 Å². The largest absolute Gasteiger partial charge is 0.354 e. The summed E-state index contributed by atoms with van der Waals surface area (Å²) in [6, 6.07) is 11.3. The lowest BCUT2D eigenvalue weighted by Crippen LogP contribution is -2.45. The highest BCUT2D eigenvalue weighted by Gasteiger charge is 2.20. The van der Waals surface area contributed by atoms with E-state index in [2.05, 4.69) is 29.1 Å². The average molecular weight is 373 g/mol. The Balaban J connectivity index is 1.74. The number of hydrogen-bond acceptors (Lipinski definition) is 4. The molecule has 1 N–H and O–H groups in total. The second kappa shape index (κ2) is 8.06. The SMILES string of the molecule is Cc1ccc(NC(=O)[C@H](C)c2ccccc2Cl)nc1N1CCN(C)CC1. The summed E-state index contributed by atoms with van der Waals surface area (Å²) >= 11 is 6.22. The number of pyridine rings is 1. The second-order valence-electron chi connectivity index (χ2n) is 6.86. The van der Waals surface area contributed by atoms with Crippen molar-refractivity contribution in [3.63, 3.8) is 0 Å². The molecule has 0 radical (unpaired) electrons. The van der Waals surface area contributed by atoms with Gasteiger partial charge in [-0.25, -0.2) is 4.98 Å². The molecule has 1 aliphatic heterocycles. The van der Waals surface area contributed by atoms with Gasteiger partial charge in [0.05, 0.1) is 5.92 Å². The first-order valence-corrected chi connectivity index (χ1v) is 9.30. The third kappa shape index (κ3) is 4.17. The van der Waals surface area contributed by atoms with E-state index in [1.54, 1.807) is 6.07 Å². The number of carbonyl (C=O) groups is 1. The Hall–Kier alpha value is -2.11. The molecule has 0 aliphatic carbocycles. The number of rotatable bonds is 4. The van der Waals surface area contributed by atoms with E-state index in [1.807, 2.05) is 37.3 Å². The summed E-state index contributed by atoms with van der Waals surface area (Å²) in [6.07, 6.45) is 0. The Bertz CT molecular complexity index is 787. The van der Waals surface area contributed by atoms with Gasteiger partial charge in [-0.1, -0.05) is 35.9 Å². The lowest BCUT2D eigenvalue weighted by Gasteiger charge is -2.34. The highest BCUT2D eigenvalue weighted by atomic mass is 35.5. The van der Waals surface area contributed by atoms with Gasteiger partial charge >= 0.3 is 0 Å². The topological polar surface area (TPSA) is 48.5 Å². The molecule has 1 saturated heterocycles. The maximum atomic E-state index is 12.7. The van der Waals surface area contributed by atoms with Crippen LogP contribution in [0.15, 0.2) is 36.4 Å². The number of piperazine rings is 1. The minimum atomic E-state index is -0.348. The summed E-state index contributed by atoms with van der Waals surface area (Å²) in [4.78, 5) is 21.9. The maximum absolute atomic E-state index is 12.7. The van der Waals surface area contributed by atoms with Crippen LogP contribution in [0.2, 0.25) is 5.02 Å². The van der Waals surface area contributed by atoms with Gasteiger partial charge in [0, 0.05) is 31.2 Å². The molecule has 1 fully saturated rings. The van der Waals surface area contributed by atoms with Crippen LogP contribution in [0.3, 0.4) is 0 Å². The van der Waals surface area contributed by atoms with Crippen molar-refractivity contribution in [3.05, 3.63) is 52.5 Å². The van der Waals surface area contributed by atoms with Crippen molar-refractivity contribution >= 4 is 29.1 Å². The number of aryl methyl sites for hydroxylation is 1. The zero-order chi connectivity index (χ0) is 18.7. The summed E-state index contributed by atoms with van der Waals surface area (Å²) in [7, 11) is 2.13. The van der Waals surface area contributed by atoms with E-state index in [4.69, 9.17) is 16.6 Å². The fraction of sp³-hybridized carbons (Fsp3) is 0.400. The monoisotopic (exact) mass is 372 g/mol. The highest BCUT2D eigenvalue weighted by molar-refractivity contribution is 6.31. The minimum absolute atomic E-state index is 0.112. The van der Waals surface area contributed by atoms with Crippen LogP contribution in [-0.4, -0.2) is 49.0 Å². The molecule has 0 saturated carbocycles. The lowest BCUT2D eigenvalue weighted by molar-refractivity contribution is -0.117. The van der Waals surface area contributed by atoms with Crippen LogP contribution in [-0.2, 0) is 4.79 Å². The molecule has 2 aromatic rings. The van der Waals surface area contributed by atoms with Gasteiger partial charge in [-0.3, -0.25) is 4.79 Å². The molecule has 0 bridgehead atoms. The minimum Gasteiger partial charge on any atom is -0.354 e. The first-order valence-electron chi connectivity index (χ1n) is 8.92. The van der Waals surface area contributed by atoms with Crippen molar-refractivity contribution in [1.29, 1.82) is 0 Å². The number of anilines is 2.